The van der Waals surface area contributed by atoms with Crippen molar-refractivity contribution in [1.29, 1.82) is 5.26 Å². The lowest BCUT2D eigenvalue weighted by Crippen LogP contribution is -2.13. The first kappa shape index (κ1) is 22.4. The zero-order valence-corrected chi connectivity index (χ0v) is 19.0. The molecule has 0 aliphatic heterocycles. The third-order valence-corrected chi connectivity index (χ3v) is 6.01. The van der Waals surface area contributed by atoms with Gasteiger partial charge in [0.2, 0.25) is 0 Å². The van der Waals surface area contributed by atoms with Crippen molar-refractivity contribution in [2.45, 2.75) is 32.3 Å². The van der Waals surface area contributed by atoms with Crippen LogP contribution >= 0.6 is 0 Å². The second-order valence-electron chi connectivity index (χ2n) is 8.21. The first-order valence-corrected chi connectivity index (χ1v) is 11.2. The number of hydrogen-bond acceptors (Lipinski definition) is 5. The van der Waals surface area contributed by atoms with Crippen LogP contribution in [0.3, 0.4) is 0 Å². The molecule has 0 amide bonds. The van der Waals surface area contributed by atoms with Gasteiger partial charge in [0, 0.05) is 5.56 Å². The van der Waals surface area contributed by atoms with Crippen molar-refractivity contribution in [1.82, 2.24) is 0 Å². The van der Waals surface area contributed by atoms with Gasteiger partial charge in [-0.1, -0.05) is 54.9 Å². The predicted octanol–water partition coefficient (Wildman–Crippen LogP) is 6.08. The number of benzene rings is 3. The molecule has 1 saturated carbocycles. The Morgan fingerprint density at radius 2 is 1.61 bits per heavy atom. The van der Waals surface area contributed by atoms with Gasteiger partial charge in [-0.15, -0.1) is 0 Å². The SMILES string of the molecule is CCC1CC1c1ccc(OCc2ccc(OCC(=NOC)c3ccc(C#N)cc3)cc2)cc1. The van der Waals surface area contributed by atoms with Crippen LogP contribution in [0.1, 0.15) is 47.9 Å². The lowest BCUT2D eigenvalue weighted by Gasteiger charge is -2.10. The summed E-state index contributed by atoms with van der Waals surface area (Å²) in [6, 6.07) is 25.6. The van der Waals surface area contributed by atoms with Crippen LogP contribution in [0.5, 0.6) is 11.5 Å². The molecule has 0 heterocycles. The van der Waals surface area contributed by atoms with Crippen molar-refractivity contribution in [3.05, 3.63) is 95.1 Å². The normalized spacial score (nSPS) is 17.2. The van der Waals surface area contributed by atoms with Gasteiger partial charge >= 0.3 is 0 Å². The minimum Gasteiger partial charge on any atom is -0.489 e. The Balaban J connectivity index is 1.28. The van der Waals surface area contributed by atoms with E-state index < -0.39 is 0 Å². The van der Waals surface area contributed by atoms with Crippen molar-refractivity contribution in [2.24, 2.45) is 11.1 Å². The van der Waals surface area contributed by atoms with E-state index in [4.69, 9.17) is 19.6 Å². The molecule has 1 fully saturated rings. The topological polar surface area (TPSA) is 63.8 Å². The summed E-state index contributed by atoms with van der Waals surface area (Å²) in [6.45, 7) is 3.02. The molecule has 3 aromatic rings. The summed E-state index contributed by atoms with van der Waals surface area (Å²) in [5.74, 6) is 3.22. The fraction of sp³-hybridized carbons (Fsp3) is 0.286. The van der Waals surface area contributed by atoms with Gasteiger partial charge in [0.15, 0.2) is 0 Å². The molecule has 4 rings (SSSR count). The van der Waals surface area contributed by atoms with Gasteiger partial charge < -0.3 is 14.3 Å². The van der Waals surface area contributed by atoms with Gasteiger partial charge in [0.1, 0.15) is 37.5 Å². The monoisotopic (exact) mass is 440 g/mol. The highest BCUT2D eigenvalue weighted by atomic mass is 16.6. The van der Waals surface area contributed by atoms with Gasteiger partial charge in [0.25, 0.3) is 0 Å². The number of oxime groups is 1. The van der Waals surface area contributed by atoms with Crippen molar-refractivity contribution in [2.75, 3.05) is 13.7 Å². The third kappa shape index (κ3) is 5.93. The number of ether oxygens (including phenoxy) is 2. The minimum atomic E-state index is 0.252. The van der Waals surface area contributed by atoms with Gasteiger partial charge in [-0.3, -0.25) is 0 Å². The maximum absolute atomic E-state index is 8.96. The summed E-state index contributed by atoms with van der Waals surface area (Å²) in [5, 5.41) is 13.0. The summed E-state index contributed by atoms with van der Waals surface area (Å²) in [4.78, 5) is 4.96. The van der Waals surface area contributed by atoms with Crippen LogP contribution in [0, 0.1) is 17.2 Å². The van der Waals surface area contributed by atoms with Crippen molar-refractivity contribution >= 4 is 5.71 Å². The van der Waals surface area contributed by atoms with E-state index >= 15 is 0 Å². The fourth-order valence-electron chi connectivity index (χ4n) is 3.93. The van der Waals surface area contributed by atoms with Crippen LogP contribution < -0.4 is 9.47 Å². The molecule has 168 valence electrons. The lowest BCUT2D eigenvalue weighted by molar-refractivity contribution is 0.210. The summed E-state index contributed by atoms with van der Waals surface area (Å²) in [5.41, 5.74) is 4.58. The largest absolute Gasteiger partial charge is 0.489 e. The molecule has 0 radical (unpaired) electrons. The van der Waals surface area contributed by atoms with Crippen molar-refractivity contribution < 1.29 is 14.3 Å². The molecular weight excluding hydrogens is 412 g/mol. The molecule has 1 aliphatic carbocycles. The minimum absolute atomic E-state index is 0.252. The summed E-state index contributed by atoms with van der Waals surface area (Å²) >= 11 is 0. The van der Waals surface area contributed by atoms with Crippen molar-refractivity contribution in [3.8, 4) is 17.6 Å². The van der Waals surface area contributed by atoms with E-state index in [0.29, 0.717) is 17.9 Å². The number of nitrogens with zero attached hydrogens (tertiary/aromatic N) is 2. The predicted molar refractivity (Wildman–Crippen MR) is 129 cm³/mol. The standard InChI is InChI=1S/C28H28N2O3/c1-3-22-16-27(22)23-10-14-26(15-11-23)32-18-21-6-12-25(13-7-21)33-19-28(30-31-2)24-8-4-20(17-29)5-9-24/h4-15,22,27H,3,16,18-19H2,1-2H3. The first-order valence-electron chi connectivity index (χ1n) is 11.2. The summed E-state index contributed by atoms with van der Waals surface area (Å²) in [7, 11) is 1.50. The molecule has 5 heteroatoms. The molecule has 5 nitrogen and oxygen atoms in total. The molecular formula is C28H28N2O3. The zero-order valence-electron chi connectivity index (χ0n) is 19.0. The van der Waals surface area contributed by atoms with Crippen LogP contribution in [0.2, 0.25) is 0 Å². The van der Waals surface area contributed by atoms with Crippen LogP contribution in [0.4, 0.5) is 0 Å². The Morgan fingerprint density at radius 3 is 2.21 bits per heavy atom. The van der Waals surface area contributed by atoms with E-state index in [9.17, 15) is 0 Å². The Hall–Kier alpha value is -3.78. The van der Waals surface area contributed by atoms with E-state index in [2.05, 4.69) is 42.4 Å². The smallest absolute Gasteiger partial charge is 0.134 e. The van der Waals surface area contributed by atoms with Gasteiger partial charge in [-0.25, -0.2) is 0 Å². The highest BCUT2D eigenvalue weighted by molar-refractivity contribution is 6.01. The molecule has 0 bridgehead atoms. The summed E-state index contributed by atoms with van der Waals surface area (Å²) < 4.78 is 11.8. The molecule has 0 spiro atoms. The first-order chi connectivity index (χ1) is 16.2. The van der Waals surface area contributed by atoms with E-state index in [0.717, 1.165) is 34.5 Å². The Morgan fingerprint density at radius 1 is 0.939 bits per heavy atom. The van der Waals surface area contributed by atoms with Crippen LogP contribution in [-0.4, -0.2) is 19.4 Å². The number of nitriles is 1. The molecule has 0 N–H and O–H groups in total. The number of rotatable bonds is 10. The Labute approximate surface area is 195 Å². The van der Waals surface area contributed by atoms with E-state index in [-0.39, 0.29) is 6.61 Å². The molecule has 1 aliphatic rings. The van der Waals surface area contributed by atoms with Gasteiger partial charge in [0.05, 0.1) is 11.6 Å². The van der Waals surface area contributed by atoms with E-state index in [1.165, 1.54) is 25.5 Å². The average molecular weight is 441 g/mol. The lowest BCUT2D eigenvalue weighted by atomic mass is 10.1. The second-order valence-corrected chi connectivity index (χ2v) is 8.21. The maximum atomic E-state index is 8.96. The molecule has 0 aromatic heterocycles. The van der Waals surface area contributed by atoms with Crippen LogP contribution in [0.25, 0.3) is 0 Å². The number of hydrogen-bond donors (Lipinski definition) is 0. The summed E-state index contributed by atoms with van der Waals surface area (Å²) in [6.07, 6.45) is 2.58. The van der Waals surface area contributed by atoms with Gasteiger partial charge in [-0.2, -0.15) is 5.26 Å². The molecule has 2 atom stereocenters. The average Bonchev–Trinajstić information content (AvgIpc) is 3.66. The maximum Gasteiger partial charge on any atom is 0.134 e. The second kappa shape index (κ2) is 10.7. The van der Waals surface area contributed by atoms with Crippen LogP contribution in [0.15, 0.2) is 78.0 Å². The molecule has 33 heavy (non-hydrogen) atoms. The van der Waals surface area contributed by atoms with Gasteiger partial charge in [-0.05, 0) is 65.8 Å². The molecule has 3 aromatic carbocycles. The molecule has 0 saturated heterocycles. The third-order valence-electron chi connectivity index (χ3n) is 6.01. The zero-order chi connectivity index (χ0) is 23.0. The fourth-order valence-corrected chi connectivity index (χ4v) is 3.93. The molecule has 2 unspecified atom stereocenters. The van der Waals surface area contributed by atoms with E-state index in [1.54, 1.807) is 12.1 Å². The van der Waals surface area contributed by atoms with Crippen LogP contribution in [-0.2, 0) is 11.4 Å². The highest BCUT2D eigenvalue weighted by Gasteiger charge is 2.36. The highest BCUT2D eigenvalue weighted by Crippen LogP contribution is 2.49. The Bertz CT molecular complexity index is 1110. The Kier molecular flexibility index (Phi) is 7.26. The van der Waals surface area contributed by atoms with E-state index in [1.807, 2.05) is 36.4 Å². The van der Waals surface area contributed by atoms with Crippen molar-refractivity contribution in [3.63, 3.8) is 0 Å². The quantitative estimate of drug-likeness (QED) is 0.283.